The first-order chi connectivity index (χ1) is 7.79. The summed E-state index contributed by atoms with van der Waals surface area (Å²) in [5.74, 6) is 2.87. The molecular formula is C12H13N3O. The van der Waals surface area contributed by atoms with Crippen LogP contribution < -0.4 is 0 Å². The van der Waals surface area contributed by atoms with Crippen LogP contribution >= 0.6 is 0 Å². The third kappa shape index (κ3) is 2.37. The van der Waals surface area contributed by atoms with E-state index in [1.54, 1.807) is 6.20 Å². The van der Waals surface area contributed by atoms with Gasteiger partial charge in [0.15, 0.2) is 0 Å². The number of amides is 1. The average molecular weight is 215 g/mol. The molecule has 2 rings (SSSR count). The molecule has 1 aromatic rings. The first-order valence-corrected chi connectivity index (χ1v) is 5.28. The minimum atomic E-state index is 0.0814. The highest BCUT2D eigenvalue weighted by molar-refractivity contribution is 5.79. The van der Waals surface area contributed by atoms with Gasteiger partial charge in [-0.25, -0.2) is 9.97 Å². The van der Waals surface area contributed by atoms with E-state index in [1.807, 2.05) is 11.0 Å². The van der Waals surface area contributed by atoms with Gasteiger partial charge in [0.05, 0.1) is 0 Å². The van der Waals surface area contributed by atoms with Crippen LogP contribution in [0.25, 0.3) is 0 Å². The van der Waals surface area contributed by atoms with E-state index in [1.165, 1.54) is 6.33 Å². The molecule has 1 atom stereocenters. The van der Waals surface area contributed by atoms with Crippen molar-refractivity contribution in [3.8, 4) is 12.3 Å². The molecule has 0 aliphatic carbocycles. The van der Waals surface area contributed by atoms with Gasteiger partial charge < -0.3 is 4.90 Å². The zero-order valence-corrected chi connectivity index (χ0v) is 8.97. The van der Waals surface area contributed by atoms with E-state index in [2.05, 4.69) is 15.9 Å². The van der Waals surface area contributed by atoms with Crippen LogP contribution in [-0.2, 0) is 11.2 Å². The third-order valence-electron chi connectivity index (χ3n) is 2.73. The van der Waals surface area contributed by atoms with Crippen LogP contribution in [0.5, 0.6) is 0 Å². The van der Waals surface area contributed by atoms with Crippen molar-refractivity contribution in [1.82, 2.24) is 14.9 Å². The minimum Gasteiger partial charge on any atom is -0.341 e. The molecule has 0 radical (unpaired) electrons. The Morgan fingerprint density at radius 3 is 3.12 bits per heavy atom. The van der Waals surface area contributed by atoms with E-state index in [-0.39, 0.29) is 11.8 Å². The SMILES string of the molecule is C#CC1CC(=O)N(CCc2ccncn2)C1. The first kappa shape index (κ1) is 10.6. The van der Waals surface area contributed by atoms with Crippen molar-refractivity contribution in [3.63, 3.8) is 0 Å². The Labute approximate surface area is 94.7 Å². The molecule has 4 heteroatoms. The topological polar surface area (TPSA) is 46.1 Å². The van der Waals surface area contributed by atoms with Crippen LogP contribution in [-0.4, -0.2) is 33.9 Å². The van der Waals surface area contributed by atoms with Gasteiger partial charge in [0.1, 0.15) is 6.33 Å². The lowest BCUT2D eigenvalue weighted by Gasteiger charge is -2.14. The summed E-state index contributed by atoms with van der Waals surface area (Å²) in [7, 11) is 0. The lowest BCUT2D eigenvalue weighted by atomic mass is 10.1. The fourth-order valence-electron chi connectivity index (χ4n) is 1.82. The molecule has 4 nitrogen and oxygen atoms in total. The van der Waals surface area contributed by atoms with E-state index in [9.17, 15) is 4.79 Å². The van der Waals surface area contributed by atoms with E-state index in [0.29, 0.717) is 19.5 Å². The summed E-state index contributed by atoms with van der Waals surface area (Å²) in [6.07, 6.45) is 9.78. The summed E-state index contributed by atoms with van der Waals surface area (Å²) in [5, 5.41) is 0. The predicted molar refractivity (Wildman–Crippen MR) is 59.3 cm³/mol. The number of rotatable bonds is 3. The highest BCUT2D eigenvalue weighted by Gasteiger charge is 2.27. The number of terminal acetylenes is 1. The van der Waals surface area contributed by atoms with Crippen molar-refractivity contribution in [3.05, 3.63) is 24.3 Å². The second-order valence-electron chi connectivity index (χ2n) is 3.86. The first-order valence-electron chi connectivity index (χ1n) is 5.28. The molecule has 0 saturated carbocycles. The maximum atomic E-state index is 11.6. The van der Waals surface area contributed by atoms with Gasteiger partial charge in [0.25, 0.3) is 0 Å². The number of carbonyl (C=O) groups excluding carboxylic acids is 1. The van der Waals surface area contributed by atoms with Crippen LogP contribution in [0, 0.1) is 18.3 Å². The summed E-state index contributed by atoms with van der Waals surface area (Å²) in [5.41, 5.74) is 0.951. The summed E-state index contributed by atoms with van der Waals surface area (Å²) in [6.45, 7) is 1.37. The Kier molecular flexibility index (Phi) is 3.16. The van der Waals surface area contributed by atoms with Crippen molar-refractivity contribution in [2.24, 2.45) is 5.92 Å². The quantitative estimate of drug-likeness (QED) is 0.690. The predicted octanol–water partition coefficient (Wildman–Crippen LogP) is 0.501. The van der Waals surface area contributed by atoms with Crippen LogP contribution in [0.2, 0.25) is 0 Å². The second-order valence-corrected chi connectivity index (χ2v) is 3.86. The summed E-state index contributed by atoms with van der Waals surface area (Å²) < 4.78 is 0. The molecule has 1 saturated heterocycles. The maximum Gasteiger partial charge on any atom is 0.223 e. The standard InChI is InChI=1S/C12H13N3O/c1-2-10-7-12(16)15(8-10)6-4-11-3-5-13-9-14-11/h1,3,5,9-10H,4,6-8H2. The number of likely N-dealkylation sites (tertiary alicyclic amines) is 1. The number of hydrogen-bond acceptors (Lipinski definition) is 3. The van der Waals surface area contributed by atoms with Gasteiger partial charge in [-0.1, -0.05) is 0 Å². The fraction of sp³-hybridized carbons (Fsp3) is 0.417. The monoisotopic (exact) mass is 215 g/mol. The van der Waals surface area contributed by atoms with E-state index in [4.69, 9.17) is 6.42 Å². The molecule has 1 amide bonds. The molecule has 0 bridgehead atoms. The largest absolute Gasteiger partial charge is 0.341 e. The highest BCUT2D eigenvalue weighted by Crippen LogP contribution is 2.16. The molecular weight excluding hydrogens is 202 g/mol. The smallest absolute Gasteiger partial charge is 0.223 e. The zero-order chi connectivity index (χ0) is 11.4. The van der Waals surface area contributed by atoms with Crippen molar-refractivity contribution in [2.75, 3.05) is 13.1 Å². The van der Waals surface area contributed by atoms with Crippen molar-refractivity contribution < 1.29 is 4.79 Å². The Morgan fingerprint density at radius 1 is 1.62 bits per heavy atom. The van der Waals surface area contributed by atoms with Crippen molar-refractivity contribution in [2.45, 2.75) is 12.8 Å². The molecule has 82 valence electrons. The fourth-order valence-corrected chi connectivity index (χ4v) is 1.82. The van der Waals surface area contributed by atoms with Crippen LogP contribution in [0.3, 0.4) is 0 Å². The summed E-state index contributed by atoms with van der Waals surface area (Å²) >= 11 is 0. The number of nitrogens with zero attached hydrogens (tertiary/aromatic N) is 3. The van der Waals surface area contributed by atoms with Crippen LogP contribution in [0.4, 0.5) is 0 Å². The zero-order valence-electron chi connectivity index (χ0n) is 8.97. The van der Waals surface area contributed by atoms with Gasteiger partial charge in [0, 0.05) is 43.7 Å². The van der Waals surface area contributed by atoms with Gasteiger partial charge in [-0.05, 0) is 6.07 Å². The summed E-state index contributed by atoms with van der Waals surface area (Å²) in [6, 6.07) is 1.86. The van der Waals surface area contributed by atoms with E-state index in [0.717, 1.165) is 12.1 Å². The maximum absolute atomic E-state index is 11.6. The lowest BCUT2D eigenvalue weighted by molar-refractivity contribution is -0.127. The number of hydrogen-bond donors (Lipinski definition) is 0. The molecule has 1 unspecified atom stereocenters. The molecule has 1 aliphatic heterocycles. The van der Waals surface area contributed by atoms with Crippen LogP contribution in [0.1, 0.15) is 12.1 Å². The molecule has 16 heavy (non-hydrogen) atoms. The van der Waals surface area contributed by atoms with Gasteiger partial charge in [-0.3, -0.25) is 4.79 Å². The molecule has 1 fully saturated rings. The Morgan fingerprint density at radius 2 is 2.50 bits per heavy atom. The van der Waals surface area contributed by atoms with Crippen molar-refractivity contribution >= 4 is 5.91 Å². The van der Waals surface area contributed by atoms with Gasteiger partial charge in [-0.15, -0.1) is 12.3 Å². The van der Waals surface area contributed by atoms with E-state index >= 15 is 0 Å². The average Bonchev–Trinajstić information content (AvgIpc) is 2.69. The molecule has 1 aromatic heterocycles. The minimum absolute atomic E-state index is 0.0814. The molecule has 0 N–H and O–H groups in total. The van der Waals surface area contributed by atoms with Gasteiger partial charge in [0.2, 0.25) is 5.91 Å². The lowest BCUT2D eigenvalue weighted by Crippen LogP contribution is -2.27. The van der Waals surface area contributed by atoms with Crippen molar-refractivity contribution in [1.29, 1.82) is 0 Å². The molecule has 2 heterocycles. The number of carbonyl (C=O) groups is 1. The third-order valence-corrected chi connectivity index (χ3v) is 2.73. The molecule has 0 aromatic carbocycles. The Hall–Kier alpha value is -1.89. The van der Waals surface area contributed by atoms with E-state index < -0.39 is 0 Å². The highest BCUT2D eigenvalue weighted by atomic mass is 16.2. The normalized spacial score (nSPS) is 19.8. The molecule has 0 spiro atoms. The van der Waals surface area contributed by atoms with Gasteiger partial charge >= 0.3 is 0 Å². The van der Waals surface area contributed by atoms with Crippen LogP contribution in [0.15, 0.2) is 18.6 Å². The Balaban J connectivity index is 1.88. The molecule has 1 aliphatic rings. The second kappa shape index (κ2) is 4.75. The number of aromatic nitrogens is 2. The summed E-state index contributed by atoms with van der Waals surface area (Å²) in [4.78, 5) is 21.3. The van der Waals surface area contributed by atoms with Gasteiger partial charge in [-0.2, -0.15) is 0 Å². The Bertz CT molecular complexity index is 410.